The number of nitrogens with one attached hydrogen (secondary N) is 4. The first-order chi connectivity index (χ1) is 40.0. The Labute approximate surface area is 487 Å². The van der Waals surface area contributed by atoms with Crippen LogP contribution in [0.5, 0.6) is 0 Å². The van der Waals surface area contributed by atoms with Crippen molar-refractivity contribution in [1.29, 1.82) is 0 Å². The molecule has 1 saturated heterocycles. The van der Waals surface area contributed by atoms with Gasteiger partial charge in [-0.3, -0.25) is 29.0 Å². The molecule has 0 radical (unpaired) electrons. The van der Waals surface area contributed by atoms with E-state index in [0.29, 0.717) is 73.4 Å². The van der Waals surface area contributed by atoms with Crippen LogP contribution in [-0.4, -0.2) is 102 Å². The van der Waals surface area contributed by atoms with Gasteiger partial charge in [-0.1, -0.05) is 112 Å². The van der Waals surface area contributed by atoms with E-state index in [9.17, 15) is 44.4 Å². The van der Waals surface area contributed by atoms with Crippen molar-refractivity contribution >= 4 is 41.1 Å². The number of carboxylic acids is 1. The first-order valence-electron chi connectivity index (χ1n) is 30.3. The zero-order valence-corrected chi connectivity index (χ0v) is 48.1. The number of aliphatic carboxylic acids is 1. The van der Waals surface area contributed by atoms with Gasteiger partial charge in [0.1, 0.15) is 17.9 Å². The molecule has 2 aromatic heterocycles. The van der Waals surface area contributed by atoms with E-state index in [2.05, 4.69) is 47.0 Å². The Hall–Kier alpha value is -7.01. The molecule has 13 unspecified atom stereocenters. The van der Waals surface area contributed by atoms with Crippen molar-refractivity contribution in [2.45, 2.75) is 159 Å². The molecule has 16 nitrogen and oxygen atoms in total. The van der Waals surface area contributed by atoms with Crippen LogP contribution in [0.15, 0.2) is 134 Å². The Morgan fingerprint density at radius 2 is 1.45 bits per heavy atom. The van der Waals surface area contributed by atoms with Gasteiger partial charge < -0.3 is 46.6 Å². The van der Waals surface area contributed by atoms with Gasteiger partial charge in [-0.25, -0.2) is 4.98 Å². The number of carbonyl (C=O) groups is 5. The van der Waals surface area contributed by atoms with Gasteiger partial charge in [-0.05, 0) is 158 Å². The molecule has 5 aliphatic rings. The Balaban J connectivity index is 0.790. The van der Waals surface area contributed by atoms with Crippen LogP contribution < -0.4 is 21.3 Å². The number of hydrogen-bond acceptors (Lipinski definition) is 11. The fourth-order valence-electron chi connectivity index (χ4n) is 16.2. The van der Waals surface area contributed by atoms with E-state index < -0.39 is 66.0 Å². The highest BCUT2D eigenvalue weighted by atomic mass is 16.4. The summed E-state index contributed by atoms with van der Waals surface area (Å²) in [4.78, 5) is 79.6. The van der Waals surface area contributed by atoms with Gasteiger partial charge in [0.15, 0.2) is 0 Å². The fraction of sp³-hybridized carbons (Fsp3) is 0.507. The molecule has 4 saturated carbocycles. The van der Waals surface area contributed by atoms with Gasteiger partial charge in [0.05, 0.1) is 30.3 Å². The largest absolute Gasteiger partial charge is 0.481 e. The second-order valence-electron chi connectivity index (χ2n) is 25.1. The second kappa shape index (κ2) is 25.9. The average Bonchev–Trinajstić information content (AvgIpc) is 3.87. The van der Waals surface area contributed by atoms with E-state index in [0.717, 1.165) is 31.2 Å². The summed E-state index contributed by atoms with van der Waals surface area (Å²) in [7, 11) is 0. The minimum atomic E-state index is -1.04. The van der Waals surface area contributed by atoms with Crippen LogP contribution in [0, 0.1) is 46.3 Å². The lowest BCUT2D eigenvalue weighted by Gasteiger charge is -2.63. The number of amides is 4. The van der Waals surface area contributed by atoms with Crippen molar-refractivity contribution in [3.8, 4) is 0 Å². The predicted molar refractivity (Wildman–Crippen MR) is 316 cm³/mol. The normalized spacial score (nSPS) is 29.1. The number of benzene rings is 3. The molecule has 0 bridgehead atoms. The number of carboxylic acid groups (broad SMARTS) is 1. The van der Waals surface area contributed by atoms with Crippen molar-refractivity contribution < 1.29 is 44.4 Å². The summed E-state index contributed by atoms with van der Waals surface area (Å²) in [5.74, 6) is -1.63. The molecular weight excluding hydrogens is 1050 g/mol. The molecule has 10 rings (SSSR count). The maximum Gasteiger partial charge on any atom is 0.303 e. The van der Waals surface area contributed by atoms with Crippen molar-refractivity contribution in [3.63, 3.8) is 0 Å². The third kappa shape index (κ3) is 12.8. The van der Waals surface area contributed by atoms with E-state index in [1.165, 1.54) is 0 Å². The zero-order chi connectivity index (χ0) is 58.4. The Morgan fingerprint density at radius 3 is 2.17 bits per heavy atom. The van der Waals surface area contributed by atoms with E-state index >= 15 is 0 Å². The molecule has 1 aliphatic heterocycles. The Bertz CT molecular complexity index is 3030. The monoisotopic (exact) mass is 1130 g/mol. The van der Waals surface area contributed by atoms with Crippen LogP contribution in [0.2, 0.25) is 0 Å². The summed E-state index contributed by atoms with van der Waals surface area (Å²) in [5.41, 5.74) is 2.74. The standard InChI is InChI=1S/C67H83N7O9/c1-41(26-31-59(79)80)47-27-28-48-60-49(40-55(76)67(47,48)3)66(2)33-32-45(38-44(66)39-54(60)75)70-57(77)29-30-58(78)71-52(37-42-17-6-4-7-18-42)65(83)74-36-16-24-53(74)64(82)72-50-22-11-10-21-46(50)62(73-56-25-13-15-35-69-56)61(51-23-12-14-34-68-51)63(81)43-19-8-5-9-20-43/h4-15,17-23,25,34-35,41,44-45,47-49,52-55,60-63,75-76,81H,16,24,26-33,36-40H2,1-3H3,(H,69,73)(H,70,77)(H,71,78)(H,72,82)(H,79,80)/t41?,44?,45?,47?,48?,49?,52?,53?,54?,55-,60?,61?,62?,63?,66-,67+/m0/s1. The highest BCUT2D eigenvalue weighted by molar-refractivity contribution is 5.99. The molecule has 0 spiro atoms. The number of likely N-dealkylation sites (tertiary alicyclic amines) is 1. The maximum atomic E-state index is 14.9. The number of fused-ring (bicyclic) bond motifs is 5. The van der Waals surface area contributed by atoms with Crippen molar-refractivity contribution in [2.75, 3.05) is 17.2 Å². The van der Waals surface area contributed by atoms with Gasteiger partial charge in [0, 0.05) is 62.0 Å². The van der Waals surface area contributed by atoms with Crippen LogP contribution in [0.3, 0.4) is 0 Å². The molecular formula is C67H83N7O9. The molecule has 16 heteroatoms. The molecule has 4 aliphatic carbocycles. The SMILES string of the molecule is CC(CCC(=O)O)C1CCC2C3C(O)CC4CC(NC(=O)CCC(=O)NC(Cc5ccccc5)C(=O)N5CCCC5C(=O)Nc5ccccc5C(Nc5ccccn5)C(c5ccccn5)C(O)c5ccccc5)CC[C@]4(C)C3C[C@H](O)[C@]12C. The van der Waals surface area contributed by atoms with Gasteiger partial charge >= 0.3 is 5.97 Å². The first kappa shape index (κ1) is 59.2. The van der Waals surface area contributed by atoms with Crippen LogP contribution in [-0.2, 0) is 30.4 Å². The molecule has 83 heavy (non-hydrogen) atoms. The molecule has 3 aromatic carbocycles. The van der Waals surface area contributed by atoms with Crippen LogP contribution in [0.25, 0.3) is 0 Å². The summed E-state index contributed by atoms with van der Waals surface area (Å²) in [5, 5.41) is 58.7. The van der Waals surface area contributed by atoms with Crippen molar-refractivity contribution in [3.05, 3.63) is 156 Å². The predicted octanol–water partition coefficient (Wildman–Crippen LogP) is 9.17. The van der Waals surface area contributed by atoms with Crippen molar-refractivity contribution in [1.82, 2.24) is 25.5 Å². The van der Waals surface area contributed by atoms with Crippen LogP contribution in [0.1, 0.15) is 145 Å². The van der Waals surface area contributed by atoms with E-state index in [1.54, 1.807) is 23.4 Å². The van der Waals surface area contributed by atoms with Crippen molar-refractivity contribution in [2.24, 2.45) is 46.3 Å². The summed E-state index contributed by atoms with van der Waals surface area (Å²) >= 11 is 0. The number of nitrogens with zero attached hydrogens (tertiary/aromatic N) is 3. The number of aliphatic hydroxyl groups is 3. The Morgan fingerprint density at radius 1 is 0.747 bits per heavy atom. The third-order valence-electron chi connectivity index (χ3n) is 20.5. The van der Waals surface area contributed by atoms with E-state index in [4.69, 9.17) is 4.98 Å². The van der Waals surface area contributed by atoms with Gasteiger partial charge in [0.25, 0.3) is 0 Å². The summed E-state index contributed by atoms with van der Waals surface area (Å²) in [6, 6.07) is 34.5. The highest BCUT2D eigenvalue weighted by Crippen LogP contribution is 2.68. The molecule has 4 amide bonds. The number of anilines is 2. The lowest BCUT2D eigenvalue weighted by molar-refractivity contribution is -0.202. The minimum absolute atomic E-state index is 0.0537. The smallest absolute Gasteiger partial charge is 0.303 e. The average molecular weight is 1130 g/mol. The fourth-order valence-corrected chi connectivity index (χ4v) is 16.2. The molecule has 8 N–H and O–H groups in total. The summed E-state index contributed by atoms with van der Waals surface area (Å²) < 4.78 is 0. The van der Waals surface area contributed by atoms with Gasteiger partial charge in [0.2, 0.25) is 23.6 Å². The number of hydrogen-bond donors (Lipinski definition) is 8. The number of para-hydroxylation sites is 1. The summed E-state index contributed by atoms with van der Waals surface area (Å²) in [6.45, 7) is 6.93. The summed E-state index contributed by atoms with van der Waals surface area (Å²) in [6.07, 6.45) is 8.15. The molecule has 3 heterocycles. The quantitative estimate of drug-likeness (QED) is 0.0343. The number of carbonyl (C=O) groups excluding carboxylic acids is 4. The molecule has 5 fully saturated rings. The number of rotatable bonds is 21. The maximum absolute atomic E-state index is 14.9. The second-order valence-corrected chi connectivity index (χ2v) is 25.1. The third-order valence-corrected chi connectivity index (χ3v) is 20.5. The topological polar surface area (TPSA) is 243 Å². The number of pyridine rings is 2. The zero-order valence-electron chi connectivity index (χ0n) is 48.1. The molecule has 5 aromatic rings. The number of aromatic nitrogens is 2. The lowest BCUT2D eigenvalue weighted by atomic mass is 9.43. The van der Waals surface area contributed by atoms with Crippen LogP contribution >= 0.6 is 0 Å². The Kier molecular flexibility index (Phi) is 18.4. The molecule has 440 valence electrons. The van der Waals surface area contributed by atoms with Gasteiger partial charge in [-0.15, -0.1) is 0 Å². The first-order valence-corrected chi connectivity index (χ1v) is 30.3. The van der Waals surface area contributed by atoms with Gasteiger partial charge in [-0.2, -0.15) is 0 Å². The number of aliphatic hydroxyl groups excluding tert-OH is 3. The lowest BCUT2D eigenvalue weighted by Crippen LogP contribution is -2.63. The van der Waals surface area contributed by atoms with E-state index in [-0.39, 0.29) is 84.0 Å². The highest BCUT2D eigenvalue weighted by Gasteiger charge is 2.66. The minimum Gasteiger partial charge on any atom is -0.481 e. The van der Waals surface area contributed by atoms with E-state index in [1.807, 2.05) is 115 Å². The van der Waals surface area contributed by atoms with Crippen LogP contribution in [0.4, 0.5) is 11.5 Å². The molecule has 16 atom stereocenters.